The summed E-state index contributed by atoms with van der Waals surface area (Å²) in [5.74, 6) is 1.18. The van der Waals surface area contributed by atoms with E-state index in [0.29, 0.717) is 17.2 Å². The Morgan fingerprint density at radius 2 is 1.88 bits per heavy atom. The maximum Gasteiger partial charge on any atom is 0.271 e. The van der Waals surface area contributed by atoms with E-state index in [4.69, 9.17) is 9.47 Å². The van der Waals surface area contributed by atoms with Crippen LogP contribution in [0.1, 0.15) is 29.0 Å². The van der Waals surface area contributed by atoms with Crippen molar-refractivity contribution in [2.75, 3.05) is 14.2 Å². The number of hydrogen-bond donors (Lipinski definition) is 1. The van der Waals surface area contributed by atoms with Gasteiger partial charge < -0.3 is 14.8 Å². The molecule has 0 bridgehead atoms. The summed E-state index contributed by atoms with van der Waals surface area (Å²) in [6, 6.07) is 15.1. The lowest BCUT2D eigenvalue weighted by Gasteiger charge is -2.17. The molecule has 1 heterocycles. The van der Waals surface area contributed by atoms with E-state index in [2.05, 4.69) is 10.3 Å². The summed E-state index contributed by atoms with van der Waals surface area (Å²) in [4.78, 5) is 17.0. The van der Waals surface area contributed by atoms with Crippen LogP contribution in [0.4, 0.5) is 0 Å². The molecule has 1 atom stereocenters. The molecule has 1 amide bonds. The van der Waals surface area contributed by atoms with Gasteiger partial charge in [-0.15, -0.1) is 11.3 Å². The van der Waals surface area contributed by atoms with Gasteiger partial charge in [0.25, 0.3) is 5.91 Å². The van der Waals surface area contributed by atoms with Crippen LogP contribution >= 0.6 is 11.3 Å². The highest BCUT2D eigenvalue weighted by Crippen LogP contribution is 2.30. The number of nitrogens with one attached hydrogen (secondary N) is 1. The number of aromatic nitrogens is 1. The molecule has 0 aliphatic rings. The minimum Gasteiger partial charge on any atom is -0.497 e. The first-order valence-electron chi connectivity index (χ1n) is 8.16. The van der Waals surface area contributed by atoms with E-state index in [1.54, 1.807) is 19.6 Å². The van der Waals surface area contributed by atoms with Crippen LogP contribution in [0.15, 0.2) is 53.9 Å². The highest BCUT2D eigenvalue weighted by atomic mass is 32.1. The standard InChI is InChI=1S/C20H20N2O3S/c1-13(16-11-15(24-2)9-10-18(16)25-3)21-19(23)17-12-26-20(22-17)14-7-5-4-6-8-14/h4-13H,1-3H3,(H,21,23)/t13-/m0/s1. The number of rotatable bonds is 6. The Morgan fingerprint density at radius 1 is 1.12 bits per heavy atom. The summed E-state index contributed by atoms with van der Waals surface area (Å²) in [5, 5.41) is 5.57. The van der Waals surface area contributed by atoms with Crippen molar-refractivity contribution in [2.45, 2.75) is 13.0 Å². The Labute approximate surface area is 156 Å². The second kappa shape index (κ2) is 8.01. The molecule has 0 saturated carbocycles. The van der Waals surface area contributed by atoms with Crippen LogP contribution in [0.2, 0.25) is 0 Å². The molecule has 0 fully saturated rings. The number of thiazole rings is 1. The average molecular weight is 368 g/mol. The van der Waals surface area contributed by atoms with Gasteiger partial charge in [-0.25, -0.2) is 4.98 Å². The Bertz CT molecular complexity index is 893. The lowest BCUT2D eigenvalue weighted by atomic mass is 10.1. The fraction of sp³-hybridized carbons (Fsp3) is 0.200. The fourth-order valence-corrected chi connectivity index (χ4v) is 3.42. The topological polar surface area (TPSA) is 60.5 Å². The second-order valence-electron chi connectivity index (χ2n) is 5.71. The Morgan fingerprint density at radius 3 is 2.58 bits per heavy atom. The molecule has 0 spiro atoms. The van der Waals surface area contributed by atoms with Gasteiger partial charge in [-0.3, -0.25) is 4.79 Å². The van der Waals surface area contributed by atoms with E-state index < -0.39 is 0 Å². The van der Waals surface area contributed by atoms with E-state index in [9.17, 15) is 4.79 Å². The Kier molecular flexibility index (Phi) is 5.53. The molecule has 1 aromatic heterocycles. The summed E-state index contributed by atoms with van der Waals surface area (Å²) in [7, 11) is 3.21. The Balaban J connectivity index is 1.77. The summed E-state index contributed by atoms with van der Waals surface area (Å²) >= 11 is 1.45. The minimum atomic E-state index is -0.255. The quantitative estimate of drug-likeness (QED) is 0.704. The van der Waals surface area contributed by atoms with Crippen LogP contribution < -0.4 is 14.8 Å². The first-order chi connectivity index (χ1) is 12.6. The molecule has 0 aliphatic carbocycles. The third kappa shape index (κ3) is 3.86. The summed E-state index contributed by atoms with van der Waals surface area (Å²) in [5.41, 5.74) is 2.25. The van der Waals surface area contributed by atoms with Gasteiger partial charge in [0.05, 0.1) is 20.3 Å². The number of carbonyl (C=O) groups excluding carboxylic acids is 1. The number of nitrogens with zero attached hydrogens (tertiary/aromatic N) is 1. The molecule has 5 nitrogen and oxygen atoms in total. The highest BCUT2D eigenvalue weighted by Gasteiger charge is 2.18. The predicted molar refractivity (Wildman–Crippen MR) is 103 cm³/mol. The van der Waals surface area contributed by atoms with Crippen molar-refractivity contribution >= 4 is 17.2 Å². The zero-order valence-electron chi connectivity index (χ0n) is 14.9. The minimum absolute atomic E-state index is 0.221. The Hall–Kier alpha value is -2.86. The molecular weight excluding hydrogens is 348 g/mol. The molecular formula is C20H20N2O3S. The number of amides is 1. The molecule has 0 aliphatic heterocycles. The largest absolute Gasteiger partial charge is 0.497 e. The van der Waals surface area contributed by atoms with Crippen molar-refractivity contribution in [2.24, 2.45) is 0 Å². The van der Waals surface area contributed by atoms with Gasteiger partial charge in [-0.05, 0) is 25.1 Å². The molecule has 0 saturated heterocycles. The number of hydrogen-bond acceptors (Lipinski definition) is 5. The highest BCUT2D eigenvalue weighted by molar-refractivity contribution is 7.13. The number of carbonyl (C=O) groups is 1. The van der Waals surface area contributed by atoms with Crippen molar-refractivity contribution in [3.63, 3.8) is 0 Å². The summed E-state index contributed by atoms with van der Waals surface area (Å²) in [6.45, 7) is 1.90. The third-order valence-corrected chi connectivity index (χ3v) is 4.90. The monoisotopic (exact) mass is 368 g/mol. The van der Waals surface area contributed by atoms with Gasteiger partial charge >= 0.3 is 0 Å². The number of methoxy groups -OCH3 is 2. The predicted octanol–water partition coefficient (Wildman–Crippen LogP) is 4.32. The lowest BCUT2D eigenvalue weighted by Crippen LogP contribution is -2.27. The maximum atomic E-state index is 12.6. The smallest absolute Gasteiger partial charge is 0.271 e. The van der Waals surface area contributed by atoms with Crippen molar-refractivity contribution in [3.8, 4) is 22.1 Å². The lowest BCUT2D eigenvalue weighted by molar-refractivity contribution is 0.0935. The van der Waals surface area contributed by atoms with E-state index >= 15 is 0 Å². The molecule has 3 aromatic rings. The van der Waals surface area contributed by atoms with Crippen molar-refractivity contribution < 1.29 is 14.3 Å². The zero-order chi connectivity index (χ0) is 18.5. The molecule has 0 unspecified atom stereocenters. The first-order valence-corrected chi connectivity index (χ1v) is 9.04. The SMILES string of the molecule is COc1ccc(OC)c([C@H](C)NC(=O)c2csc(-c3ccccc3)n2)c1. The molecule has 26 heavy (non-hydrogen) atoms. The molecule has 134 valence electrons. The van der Waals surface area contributed by atoms with Gasteiger partial charge in [-0.2, -0.15) is 0 Å². The van der Waals surface area contributed by atoms with Crippen molar-refractivity contribution in [1.29, 1.82) is 0 Å². The van der Waals surface area contributed by atoms with Gasteiger partial charge in [-0.1, -0.05) is 30.3 Å². The van der Waals surface area contributed by atoms with E-state index in [1.165, 1.54) is 11.3 Å². The first kappa shape index (κ1) is 17.9. The third-order valence-electron chi connectivity index (χ3n) is 4.01. The van der Waals surface area contributed by atoms with Gasteiger partial charge in [0.15, 0.2) is 0 Å². The van der Waals surface area contributed by atoms with Crippen LogP contribution in [-0.2, 0) is 0 Å². The molecule has 6 heteroatoms. The van der Waals surface area contributed by atoms with Crippen LogP contribution in [0.25, 0.3) is 10.6 Å². The average Bonchev–Trinajstić information content (AvgIpc) is 3.18. The fourth-order valence-electron chi connectivity index (χ4n) is 2.62. The maximum absolute atomic E-state index is 12.6. The van der Waals surface area contributed by atoms with Crippen LogP contribution in [0, 0.1) is 0 Å². The second-order valence-corrected chi connectivity index (χ2v) is 6.57. The zero-order valence-corrected chi connectivity index (χ0v) is 15.7. The van der Waals surface area contributed by atoms with Crippen molar-refractivity contribution in [1.82, 2.24) is 10.3 Å². The van der Waals surface area contributed by atoms with Gasteiger partial charge in [0.2, 0.25) is 0 Å². The van der Waals surface area contributed by atoms with E-state index in [-0.39, 0.29) is 11.9 Å². The normalized spacial score (nSPS) is 11.7. The van der Waals surface area contributed by atoms with Gasteiger partial charge in [0.1, 0.15) is 22.2 Å². The summed E-state index contributed by atoms with van der Waals surface area (Å²) < 4.78 is 10.7. The summed E-state index contributed by atoms with van der Waals surface area (Å²) in [6.07, 6.45) is 0. The van der Waals surface area contributed by atoms with E-state index in [0.717, 1.165) is 16.1 Å². The van der Waals surface area contributed by atoms with Crippen LogP contribution in [-0.4, -0.2) is 25.1 Å². The molecule has 0 radical (unpaired) electrons. The number of ether oxygens (including phenoxy) is 2. The van der Waals surface area contributed by atoms with E-state index in [1.807, 2.05) is 55.5 Å². The van der Waals surface area contributed by atoms with Crippen LogP contribution in [0.3, 0.4) is 0 Å². The molecule has 3 rings (SSSR count). The molecule has 2 aromatic carbocycles. The number of benzene rings is 2. The van der Waals surface area contributed by atoms with Crippen LogP contribution in [0.5, 0.6) is 11.5 Å². The molecule has 1 N–H and O–H groups in total. The van der Waals surface area contributed by atoms with Gasteiger partial charge in [0, 0.05) is 16.5 Å². The van der Waals surface area contributed by atoms with Crippen molar-refractivity contribution in [3.05, 3.63) is 65.2 Å².